The third-order valence-electron chi connectivity index (χ3n) is 2.45. The van der Waals surface area contributed by atoms with Gasteiger partial charge in [-0.1, -0.05) is 0 Å². The Morgan fingerprint density at radius 1 is 1.17 bits per heavy atom. The zero-order chi connectivity index (χ0) is 12.4. The predicted octanol–water partition coefficient (Wildman–Crippen LogP) is 2.38. The summed E-state index contributed by atoms with van der Waals surface area (Å²) in [5.74, 6) is 1.22. The highest BCUT2D eigenvalue weighted by atomic mass is 16.5. The summed E-state index contributed by atoms with van der Waals surface area (Å²) in [6.45, 7) is 0.264. The van der Waals surface area contributed by atoms with Gasteiger partial charge in [-0.25, -0.2) is 4.98 Å². The SMILES string of the molecule is Nc1ccc(OCc2nc3ncccc3o2)cc1. The molecule has 0 radical (unpaired) electrons. The molecule has 5 heteroatoms. The van der Waals surface area contributed by atoms with E-state index in [1.54, 1.807) is 36.5 Å². The standard InChI is InChI=1S/C13H11N3O2/c14-9-3-5-10(6-4-9)17-8-12-16-13-11(18-12)2-1-7-15-13/h1-7H,8,14H2. The number of nitrogens with zero attached hydrogens (tertiary/aromatic N) is 2. The van der Waals surface area contributed by atoms with E-state index in [1.165, 1.54) is 0 Å². The van der Waals surface area contributed by atoms with Gasteiger partial charge in [0.25, 0.3) is 0 Å². The van der Waals surface area contributed by atoms with Crippen molar-refractivity contribution in [3.8, 4) is 5.75 Å². The molecule has 0 saturated heterocycles. The maximum Gasteiger partial charge on any atom is 0.235 e. The van der Waals surface area contributed by atoms with Gasteiger partial charge < -0.3 is 14.9 Å². The number of nitrogen functional groups attached to an aromatic ring is 1. The first kappa shape index (κ1) is 10.6. The Balaban J connectivity index is 1.74. The van der Waals surface area contributed by atoms with Gasteiger partial charge >= 0.3 is 0 Å². The van der Waals surface area contributed by atoms with Crippen LogP contribution in [0.15, 0.2) is 47.0 Å². The Morgan fingerprint density at radius 2 is 2.00 bits per heavy atom. The van der Waals surface area contributed by atoms with Crippen LogP contribution < -0.4 is 10.5 Å². The minimum Gasteiger partial charge on any atom is -0.484 e. The second-order valence-electron chi connectivity index (χ2n) is 3.79. The van der Waals surface area contributed by atoms with E-state index in [0.717, 1.165) is 5.75 Å². The summed E-state index contributed by atoms with van der Waals surface area (Å²) >= 11 is 0. The van der Waals surface area contributed by atoms with Crippen LogP contribution in [0.2, 0.25) is 0 Å². The molecule has 0 amide bonds. The quantitative estimate of drug-likeness (QED) is 0.712. The molecule has 0 aliphatic heterocycles. The van der Waals surface area contributed by atoms with Crippen LogP contribution >= 0.6 is 0 Å². The first-order valence-electron chi connectivity index (χ1n) is 5.50. The van der Waals surface area contributed by atoms with Gasteiger partial charge in [-0.3, -0.25) is 0 Å². The Labute approximate surface area is 103 Å². The van der Waals surface area contributed by atoms with E-state index in [2.05, 4.69) is 9.97 Å². The van der Waals surface area contributed by atoms with Crippen LogP contribution in [0, 0.1) is 0 Å². The molecule has 18 heavy (non-hydrogen) atoms. The van der Waals surface area contributed by atoms with Gasteiger partial charge in [0.05, 0.1) is 0 Å². The van der Waals surface area contributed by atoms with Gasteiger partial charge in [0, 0.05) is 11.9 Å². The number of aromatic nitrogens is 2. The van der Waals surface area contributed by atoms with E-state index in [-0.39, 0.29) is 6.61 Å². The molecule has 0 atom stereocenters. The number of hydrogen-bond donors (Lipinski definition) is 1. The predicted molar refractivity (Wildman–Crippen MR) is 67.0 cm³/mol. The molecule has 0 unspecified atom stereocenters. The fourth-order valence-electron chi connectivity index (χ4n) is 1.58. The number of ether oxygens (including phenoxy) is 1. The van der Waals surface area contributed by atoms with Gasteiger partial charge in [-0.2, -0.15) is 4.98 Å². The molecule has 90 valence electrons. The van der Waals surface area contributed by atoms with Gasteiger partial charge in [-0.05, 0) is 36.4 Å². The van der Waals surface area contributed by atoms with Crippen LogP contribution in [-0.4, -0.2) is 9.97 Å². The Kier molecular flexibility index (Phi) is 2.57. The van der Waals surface area contributed by atoms with Crippen molar-refractivity contribution in [1.29, 1.82) is 0 Å². The van der Waals surface area contributed by atoms with E-state index < -0.39 is 0 Å². The first-order valence-corrected chi connectivity index (χ1v) is 5.50. The highest BCUT2D eigenvalue weighted by Gasteiger charge is 2.06. The summed E-state index contributed by atoms with van der Waals surface area (Å²) in [6.07, 6.45) is 1.68. The fourth-order valence-corrected chi connectivity index (χ4v) is 1.58. The largest absolute Gasteiger partial charge is 0.484 e. The Hall–Kier alpha value is -2.56. The minimum absolute atomic E-state index is 0.264. The number of oxazole rings is 1. The lowest BCUT2D eigenvalue weighted by Gasteiger charge is -2.02. The fraction of sp³-hybridized carbons (Fsp3) is 0.0769. The molecular formula is C13H11N3O2. The highest BCUT2D eigenvalue weighted by Crippen LogP contribution is 2.17. The van der Waals surface area contributed by atoms with Crippen molar-refractivity contribution in [2.45, 2.75) is 6.61 Å². The Morgan fingerprint density at radius 3 is 2.78 bits per heavy atom. The van der Waals surface area contributed by atoms with E-state index >= 15 is 0 Å². The summed E-state index contributed by atoms with van der Waals surface area (Å²) in [7, 11) is 0. The lowest BCUT2D eigenvalue weighted by atomic mass is 10.3. The lowest BCUT2D eigenvalue weighted by Crippen LogP contribution is -1.95. The third-order valence-corrected chi connectivity index (χ3v) is 2.45. The molecule has 0 aliphatic rings. The van der Waals surface area contributed by atoms with Crippen molar-refractivity contribution in [2.24, 2.45) is 0 Å². The number of hydrogen-bond acceptors (Lipinski definition) is 5. The summed E-state index contributed by atoms with van der Waals surface area (Å²) < 4.78 is 11.0. The monoisotopic (exact) mass is 241 g/mol. The number of rotatable bonds is 3. The average molecular weight is 241 g/mol. The molecule has 3 rings (SSSR count). The summed E-state index contributed by atoms with van der Waals surface area (Å²) in [5.41, 5.74) is 7.54. The normalized spacial score (nSPS) is 10.7. The zero-order valence-corrected chi connectivity index (χ0v) is 9.54. The second kappa shape index (κ2) is 4.37. The lowest BCUT2D eigenvalue weighted by molar-refractivity contribution is 0.267. The Bertz CT molecular complexity index is 628. The van der Waals surface area contributed by atoms with Crippen LogP contribution in [-0.2, 0) is 6.61 Å². The number of nitrogens with two attached hydrogens (primary N) is 1. The molecule has 0 aliphatic carbocycles. The van der Waals surface area contributed by atoms with Crippen molar-refractivity contribution in [3.63, 3.8) is 0 Å². The van der Waals surface area contributed by atoms with Crippen LogP contribution in [0.3, 0.4) is 0 Å². The molecule has 2 N–H and O–H groups in total. The number of benzene rings is 1. The van der Waals surface area contributed by atoms with Gasteiger partial charge in [0.15, 0.2) is 17.8 Å². The van der Waals surface area contributed by atoms with Crippen molar-refractivity contribution in [3.05, 3.63) is 48.5 Å². The molecule has 5 nitrogen and oxygen atoms in total. The van der Waals surface area contributed by atoms with Crippen molar-refractivity contribution in [2.75, 3.05) is 5.73 Å². The van der Waals surface area contributed by atoms with Crippen molar-refractivity contribution in [1.82, 2.24) is 9.97 Å². The van der Waals surface area contributed by atoms with Gasteiger partial charge in [0.1, 0.15) is 5.75 Å². The molecule has 3 aromatic rings. The summed E-state index contributed by atoms with van der Waals surface area (Å²) in [6, 6.07) is 10.8. The van der Waals surface area contributed by atoms with Gasteiger partial charge in [-0.15, -0.1) is 0 Å². The van der Waals surface area contributed by atoms with Crippen LogP contribution in [0.4, 0.5) is 5.69 Å². The first-order chi connectivity index (χ1) is 8.81. The van der Waals surface area contributed by atoms with E-state index in [4.69, 9.17) is 14.9 Å². The van der Waals surface area contributed by atoms with Crippen LogP contribution in [0.1, 0.15) is 5.89 Å². The topological polar surface area (TPSA) is 74.2 Å². The molecule has 0 bridgehead atoms. The zero-order valence-electron chi connectivity index (χ0n) is 9.54. The maximum absolute atomic E-state index is 5.59. The number of anilines is 1. The van der Waals surface area contributed by atoms with Crippen LogP contribution in [0.25, 0.3) is 11.2 Å². The molecule has 2 heterocycles. The van der Waals surface area contributed by atoms with E-state index in [1.807, 2.05) is 6.07 Å². The van der Waals surface area contributed by atoms with Gasteiger partial charge in [0.2, 0.25) is 5.89 Å². The molecule has 1 aromatic carbocycles. The smallest absolute Gasteiger partial charge is 0.235 e. The maximum atomic E-state index is 5.59. The summed E-state index contributed by atoms with van der Waals surface area (Å²) in [5, 5.41) is 0. The third kappa shape index (κ3) is 2.10. The molecule has 0 spiro atoms. The second-order valence-corrected chi connectivity index (χ2v) is 3.79. The average Bonchev–Trinajstić information content (AvgIpc) is 2.81. The number of fused-ring (bicyclic) bond motifs is 1. The molecule has 2 aromatic heterocycles. The molecule has 0 saturated carbocycles. The van der Waals surface area contributed by atoms with E-state index in [0.29, 0.717) is 22.8 Å². The van der Waals surface area contributed by atoms with Crippen molar-refractivity contribution < 1.29 is 9.15 Å². The van der Waals surface area contributed by atoms with E-state index in [9.17, 15) is 0 Å². The molecular weight excluding hydrogens is 230 g/mol. The number of pyridine rings is 1. The molecule has 0 fully saturated rings. The minimum atomic E-state index is 0.264. The summed E-state index contributed by atoms with van der Waals surface area (Å²) in [4.78, 5) is 8.31. The highest BCUT2D eigenvalue weighted by molar-refractivity contribution is 5.66. The van der Waals surface area contributed by atoms with Crippen LogP contribution in [0.5, 0.6) is 5.75 Å². The van der Waals surface area contributed by atoms with Crippen molar-refractivity contribution >= 4 is 16.9 Å².